The number of sulfonamides is 1. The van der Waals surface area contributed by atoms with Crippen molar-refractivity contribution in [2.24, 2.45) is 0 Å². The van der Waals surface area contributed by atoms with Gasteiger partial charge in [-0.1, -0.05) is 6.07 Å². The molecule has 2 rings (SSSR count). The third-order valence-electron chi connectivity index (χ3n) is 3.96. The van der Waals surface area contributed by atoms with Crippen molar-refractivity contribution in [3.63, 3.8) is 0 Å². The molecule has 1 fully saturated rings. The Labute approximate surface area is 125 Å². The molecule has 0 saturated carbocycles. The SMILES string of the molecule is Cc1ccc(C#N)cc1S(=O)(=O)N1CCCC(C)(O)CC1. The summed E-state index contributed by atoms with van der Waals surface area (Å²) in [5.41, 5.74) is 0.152. The third-order valence-corrected chi connectivity index (χ3v) is 6.00. The van der Waals surface area contributed by atoms with E-state index in [1.807, 2.05) is 6.07 Å². The van der Waals surface area contributed by atoms with Crippen LogP contribution < -0.4 is 0 Å². The van der Waals surface area contributed by atoms with Crippen LogP contribution in [0, 0.1) is 18.3 Å². The van der Waals surface area contributed by atoms with Gasteiger partial charge in [0.2, 0.25) is 10.0 Å². The van der Waals surface area contributed by atoms with E-state index >= 15 is 0 Å². The molecule has 0 aromatic heterocycles. The second-order valence-corrected chi connectivity index (χ2v) is 7.75. The molecule has 0 radical (unpaired) electrons. The zero-order valence-corrected chi connectivity index (χ0v) is 13.2. The first-order valence-corrected chi connectivity index (χ1v) is 8.43. The minimum atomic E-state index is -3.63. The Morgan fingerprint density at radius 1 is 1.33 bits per heavy atom. The normalized spacial score (nSPS) is 24.3. The van der Waals surface area contributed by atoms with Gasteiger partial charge in [-0.2, -0.15) is 9.57 Å². The summed E-state index contributed by atoms with van der Waals surface area (Å²) in [5.74, 6) is 0. The Hall–Kier alpha value is -1.42. The zero-order valence-electron chi connectivity index (χ0n) is 12.3. The summed E-state index contributed by atoms with van der Waals surface area (Å²) >= 11 is 0. The number of rotatable bonds is 2. The fraction of sp³-hybridized carbons (Fsp3) is 0.533. The van der Waals surface area contributed by atoms with Crippen molar-refractivity contribution in [1.29, 1.82) is 5.26 Å². The molecule has 5 nitrogen and oxygen atoms in total. The predicted molar refractivity (Wildman–Crippen MR) is 79.1 cm³/mol. The largest absolute Gasteiger partial charge is 0.390 e. The number of aryl methyl sites for hydroxylation is 1. The first-order valence-electron chi connectivity index (χ1n) is 6.99. The Morgan fingerprint density at radius 2 is 2.05 bits per heavy atom. The van der Waals surface area contributed by atoms with Crippen molar-refractivity contribution in [3.05, 3.63) is 29.3 Å². The highest BCUT2D eigenvalue weighted by Gasteiger charge is 2.32. The Bertz CT molecular complexity index is 675. The molecular formula is C15H20N2O3S. The van der Waals surface area contributed by atoms with E-state index in [1.54, 1.807) is 26.0 Å². The molecule has 0 bridgehead atoms. The van der Waals surface area contributed by atoms with E-state index in [9.17, 15) is 13.5 Å². The van der Waals surface area contributed by atoms with Crippen LogP contribution in [0.25, 0.3) is 0 Å². The van der Waals surface area contributed by atoms with Crippen LogP contribution in [0.15, 0.2) is 23.1 Å². The molecule has 0 spiro atoms. The minimum Gasteiger partial charge on any atom is -0.390 e. The van der Waals surface area contributed by atoms with E-state index in [1.165, 1.54) is 10.4 Å². The van der Waals surface area contributed by atoms with Gasteiger partial charge in [-0.25, -0.2) is 8.42 Å². The van der Waals surface area contributed by atoms with Crippen LogP contribution >= 0.6 is 0 Å². The van der Waals surface area contributed by atoms with Crippen LogP contribution in [0.5, 0.6) is 0 Å². The van der Waals surface area contributed by atoms with Crippen LogP contribution in [0.2, 0.25) is 0 Å². The predicted octanol–water partition coefficient (Wildman–Crippen LogP) is 1.79. The van der Waals surface area contributed by atoms with Gasteiger partial charge < -0.3 is 5.11 Å². The van der Waals surface area contributed by atoms with E-state index in [0.717, 1.165) is 0 Å². The Kier molecular flexibility index (Phi) is 4.38. The highest BCUT2D eigenvalue weighted by atomic mass is 32.2. The molecule has 0 amide bonds. The number of nitrogens with zero attached hydrogens (tertiary/aromatic N) is 2. The molecule has 1 aliphatic heterocycles. The second-order valence-electron chi connectivity index (χ2n) is 5.85. The summed E-state index contributed by atoms with van der Waals surface area (Å²) in [6.45, 7) is 4.16. The van der Waals surface area contributed by atoms with Crippen molar-refractivity contribution in [2.45, 2.75) is 43.6 Å². The minimum absolute atomic E-state index is 0.183. The van der Waals surface area contributed by atoms with Crippen LogP contribution in [-0.4, -0.2) is 36.5 Å². The van der Waals surface area contributed by atoms with Crippen LogP contribution in [-0.2, 0) is 10.0 Å². The van der Waals surface area contributed by atoms with Gasteiger partial charge in [0.05, 0.1) is 22.1 Å². The summed E-state index contributed by atoms with van der Waals surface area (Å²) in [6, 6.07) is 6.66. The highest BCUT2D eigenvalue weighted by Crippen LogP contribution is 2.27. The lowest BCUT2D eigenvalue weighted by Crippen LogP contribution is -2.34. The molecule has 1 atom stereocenters. The first kappa shape index (κ1) is 16.0. The van der Waals surface area contributed by atoms with Gasteiger partial charge in [0, 0.05) is 13.1 Å². The molecule has 1 aromatic carbocycles. The van der Waals surface area contributed by atoms with Crippen LogP contribution in [0.1, 0.15) is 37.3 Å². The summed E-state index contributed by atoms with van der Waals surface area (Å²) < 4.78 is 27.0. The molecule has 114 valence electrons. The van der Waals surface area contributed by atoms with Gasteiger partial charge in [-0.05, 0) is 50.8 Å². The van der Waals surface area contributed by atoms with Gasteiger partial charge in [0.1, 0.15) is 0 Å². The fourth-order valence-corrected chi connectivity index (χ4v) is 4.30. The van der Waals surface area contributed by atoms with Crippen LogP contribution in [0.3, 0.4) is 0 Å². The van der Waals surface area contributed by atoms with Gasteiger partial charge in [-0.15, -0.1) is 0 Å². The fourth-order valence-electron chi connectivity index (χ4n) is 2.57. The van der Waals surface area contributed by atoms with Gasteiger partial charge in [0.15, 0.2) is 0 Å². The van der Waals surface area contributed by atoms with Crippen molar-refractivity contribution >= 4 is 10.0 Å². The average molecular weight is 308 g/mol. The van der Waals surface area contributed by atoms with E-state index in [2.05, 4.69) is 0 Å². The molecule has 21 heavy (non-hydrogen) atoms. The van der Waals surface area contributed by atoms with Crippen LogP contribution in [0.4, 0.5) is 0 Å². The van der Waals surface area contributed by atoms with E-state index in [0.29, 0.717) is 43.5 Å². The molecular weight excluding hydrogens is 288 g/mol. The van der Waals surface area contributed by atoms with Crippen molar-refractivity contribution in [1.82, 2.24) is 4.31 Å². The van der Waals surface area contributed by atoms with Gasteiger partial charge in [0.25, 0.3) is 0 Å². The third kappa shape index (κ3) is 3.43. The standard InChI is InChI=1S/C15H20N2O3S/c1-12-4-5-13(11-16)10-14(12)21(19,20)17-8-3-6-15(2,18)7-9-17/h4-5,10,18H,3,6-9H2,1-2H3. The van der Waals surface area contributed by atoms with Crippen molar-refractivity contribution < 1.29 is 13.5 Å². The second kappa shape index (κ2) is 5.76. The maximum absolute atomic E-state index is 12.8. The summed E-state index contributed by atoms with van der Waals surface area (Å²) in [5, 5.41) is 19.0. The Morgan fingerprint density at radius 3 is 2.71 bits per heavy atom. The first-order chi connectivity index (χ1) is 9.76. The number of hydrogen-bond acceptors (Lipinski definition) is 4. The Balaban J connectivity index is 2.36. The lowest BCUT2D eigenvalue weighted by Gasteiger charge is -2.23. The molecule has 1 aromatic rings. The summed E-state index contributed by atoms with van der Waals surface area (Å²) in [6.07, 6.45) is 1.64. The summed E-state index contributed by atoms with van der Waals surface area (Å²) in [4.78, 5) is 0.183. The molecule has 1 saturated heterocycles. The smallest absolute Gasteiger partial charge is 0.243 e. The lowest BCUT2D eigenvalue weighted by atomic mass is 9.98. The molecule has 1 heterocycles. The lowest BCUT2D eigenvalue weighted by molar-refractivity contribution is 0.0465. The maximum Gasteiger partial charge on any atom is 0.243 e. The molecule has 1 unspecified atom stereocenters. The molecule has 1 aliphatic rings. The topological polar surface area (TPSA) is 81.4 Å². The monoisotopic (exact) mass is 308 g/mol. The van der Waals surface area contributed by atoms with E-state index in [4.69, 9.17) is 5.26 Å². The zero-order chi connectivity index (χ0) is 15.7. The van der Waals surface area contributed by atoms with E-state index in [-0.39, 0.29) is 4.90 Å². The van der Waals surface area contributed by atoms with Crippen molar-refractivity contribution in [2.75, 3.05) is 13.1 Å². The van der Waals surface area contributed by atoms with Gasteiger partial charge in [-0.3, -0.25) is 0 Å². The van der Waals surface area contributed by atoms with E-state index < -0.39 is 15.6 Å². The average Bonchev–Trinajstić information content (AvgIpc) is 2.60. The quantitative estimate of drug-likeness (QED) is 0.903. The number of nitriles is 1. The summed E-state index contributed by atoms with van der Waals surface area (Å²) in [7, 11) is -3.63. The number of hydrogen-bond donors (Lipinski definition) is 1. The number of benzene rings is 1. The maximum atomic E-state index is 12.8. The molecule has 0 aliphatic carbocycles. The van der Waals surface area contributed by atoms with Crippen molar-refractivity contribution in [3.8, 4) is 6.07 Å². The van der Waals surface area contributed by atoms with Gasteiger partial charge >= 0.3 is 0 Å². The molecule has 6 heteroatoms. The highest BCUT2D eigenvalue weighted by molar-refractivity contribution is 7.89. The molecule has 1 N–H and O–H groups in total. The number of aliphatic hydroxyl groups is 1.